The molecule has 1 unspecified atom stereocenters. The number of benzene rings is 1. The summed E-state index contributed by atoms with van der Waals surface area (Å²) in [6, 6.07) is 5.59. The van der Waals surface area contributed by atoms with E-state index >= 15 is 0 Å². The minimum atomic E-state index is 0.562. The summed E-state index contributed by atoms with van der Waals surface area (Å²) < 4.78 is 0. The van der Waals surface area contributed by atoms with Gasteiger partial charge in [-0.2, -0.15) is 0 Å². The molecular formula is C12H12Cl2N2S. The van der Waals surface area contributed by atoms with Crippen molar-refractivity contribution in [1.29, 1.82) is 0 Å². The van der Waals surface area contributed by atoms with Crippen LogP contribution in [0.25, 0.3) is 0 Å². The summed E-state index contributed by atoms with van der Waals surface area (Å²) in [5, 5.41) is 6.02. The minimum absolute atomic E-state index is 0.562. The maximum atomic E-state index is 6.12. The van der Waals surface area contributed by atoms with E-state index in [1.807, 2.05) is 23.9 Å². The summed E-state index contributed by atoms with van der Waals surface area (Å²) >= 11 is 13.9. The largest absolute Gasteiger partial charge is 0.334 e. The van der Waals surface area contributed by atoms with E-state index in [-0.39, 0.29) is 0 Å². The number of hydrogen-bond donors (Lipinski definition) is 1. The van der Waals surface area contributed by atoms with Crippen LogP contribution >= 0.6 is 35.0 Å². The van der Waals surface area contributed by atoms with E-state index in [1.54, 1.807) is 6.07 Å². The first-order valence-corrected chi connectivity index (χ1v) is 7.30. The summed E-state index contributed by atoms with van der Waals surface area (Å²) in [5.41, 5.74) is 0.835. The van der Waals surface area contributed by atoms with Gasteiger partial charge in [0, 0.05) is 5.25 Å². The number of rotatable bonds is 2. The fourth-order valence-corrected chi connectivity index (χ4v) is 3.45. The third-order valence-electron chi connectivity index (χ3n) is 3.02. The molecule has 0 amide bonds. The van der Waals surface area contributed by atoms with Crippen molar-refractivity contribution in [3.63, 3.8) is 0 Å². The Morgan fingerprint density at radius 3 is 2.88 bits per heavy atom. The molecule has 0 spiro atoms. The standard InChI is InChI=1S/C12H12Cl2N2S/c13-8-2-1-3-9(11(8)14)16-12-15-6-10(17-12)7-4-5-7/h1-3,7,10H,4-6H2,(H,15,16). The van der Waals surface area contributed by atoms with Gasteiger partial charge in [-0.3, -0.25) is 4.99 Å². The Balaban J connectivity index is 1.69. The Hall–Kier alpha value is -0.380. The van der Waals surface area contributed by atoms with Gasteiger partial charge in [-0.05, 0) is 30.9 Å². The van der Waals surface area contributed by atoms with Crippen molar-refractivity contribution in [3.8, 4) is 0 Å². The molecular weight excluding hydrogens is 275 g/mol. The van der Waals surface area contributed by atoms with Crippen LogP contribution in [0.3, 0.4) is 0 Å². The quantitative estimate of drug-likeness (QED) is 0.877. The molecule has 0 aromatic heterocycles. The molecule has 0 radical (unpaired) electrons. The molecule has 1 atom stereocenters. The van der Waals surface area contributed by atoms with Gasteiger partial charge in [0.2, 0.25) is 0 Å². The van der Waals surface area contributed by atoms with Crippen molar-refractivity contribution in [3.05, 3.63) is 28.2 Å². The summed E-state index contributed by atoms with van der Waals surface area (Å²) in [7, 11) is 0. The molecule has 1 aliphatic heterocycles. The first-order chi connectivity index (χ1) is 8.24. The van der Waals surface area contributed by atoms with Gasteiger partial charge in [0.15, 0.2) is 5.17 Å². The maximum absolute atomic E-state index is 6.12. The monoisotopic (exact) mass is 286 g/mol. The smallest absolute Gasteiger partial charge is 0.161 e. The van der Waals surface area contributed by atoms with Crippen LogP contribution in [0.15, 0.2) is 23.2 Å². The zero-order valence-electron chi connectivity index (χ0n) is 9.12. The lowest BCUT2D eigenvalue weighted by Crippen LogP contribution is -2.09. The number of halogens is 2. The van der Waals surface area contributed by atoms with Gasteiger partial charge < -0.3 is 5.32 Å². The van der Waals surface area contributed by atoms with Gasteiger partial charge in [0.1, 0.15) is 0 Å². The normalized spacial score (nSPS) is 23.6. The lowest BCUT2D eigenvalue weighted by atomic mass is 10.3. The van der Waals surface area contributed by atoms with E-state index < -0.39 is 0 Å². The highest BCUT2D eigenvalue weighted by molar-refractivity contribution is 8.15. The first-order valence-electron chi connectivity index (χ1n) is 5.66. The zero-order chi connectivity index (χ0) is 11.8. The van der Waals surface area contributed by atoms with Crippen LogP contribution in [-0.2, 0) is 0 Å². The lowest BCUT2D eigenvalue weighted by molar-refractivity contribution is 0.773. The Morgan fingerprint density at radius 1 is 1.29 bits per heavy atom. The van der Waals surface area contributed by atoms with Gasteiger partial charge in [-0.25, -0.2) is 0 Å². The van der Waals surface area contributed by atoms with Crippen LogP contribution in [0.2, 0.25) is 10.0 Å². The minimum Gasteiger partial charge on any atom is -0.334 e. The number of anilines is 1. The summed E-state index contributed by atoms with van der Waals surface area (Å²) in [6.07, 6.45) is 2.72. The molecule has 1 aromatic rings. The van der Waals surface area contributed by atoms with Crippen LogP contribution in [-0.4, -0.2) is 17.0 Å². The number of nitrogens with one attached hydrogen (secondary N) is 1. The molecule has 0 saturated heterocycles. The van der Waals surface area contributed by atoms with E-state index in [2.05, 4.69) is 10.3 Å². The Morgan fingerprint density at radius 2 is 2.12 bits per heavy atom. The highest BCUT2D eigenvalue weighted by atomic mass is 35.5. The Kier molecular flexibility index (Phi) is 3.24. The molecule has 1 heterocycles. The summed E-state index contributed by atoms with van der Waals surface area (Å²) in [4.78, 5) is 4.51. The molecule has 1 N–H and O–H groups in total. The third kappa shape index (κ3) is 2.56. The second-order valence-electron chi connectivity index (χ2n) is 4.37. The molecule has 2 nitrogen and oxygen atoms in total. The predicted molar refractivity (Wildman–Crippen MR) is 76.5 cm³/mol. The zero-order valence-corrected chi connectivity index (χ0v) is 11.4. The topological polar surface area (TPSA) is 24.4 Å². The third-order valence-corrected chi connectivity index (χ3v) is 5.13. The van der Waals surface area contributed by atoms with Crippen LogP contribution in [0, 0.1) is 5.92 Å². The van der Waals surface area contributed by atoms with Gasteiger partial charge in [-0.1, -0.05) is 41.0 Å². The van der Waals surface area contributed by atoms with E-state index in [4.69, 9.17) is 23.2 Å². The molecule has 1 aromatic carbocycles. The van der Waals surface area contributed by atoms with Crippen LogP contribution in [0.5, 0.6) is 0 Å². The van der Waals surface area contributed by atoms with Crippen molar-refractivity contribution in [2.75, 3.05) is 11.9 Å². The molecule has 17 heavy (non-hydrogen) atoms. The van der Waals surface area contributed by atoms with Crippen LogP contribution < -0.4 is 5.32 Å². The van der Waals surface area contributed by atoms with Gasteiger partial charge in [0.05, 0.1) is 22.3 Å². The Bertz CT molecular complexity index is 472. The van der Waals surface area contributed by atoms with Crippen molar-refractivity contribution in [2.24, 2.45) is 10.9 Å². The summed E-state index contributed by atoms with van der Waals surface area (Å²) in [5.74, 6) is 0.873. The van der Waals surface area contributed by atoms with E-state index in [0.717, 1.165) is 23.3 Å². The Labute approximate surface area is 115 Å². The van der Waals surface area contributed by atoms with Crippen molar-refractivity contribution in [1.82, 2.24) is 0 Å². The first kappa shape index (κ1) is 11.7. The molecule has 1 saturated carbocycles. The highest BCUT2D eigenvalue weighted by Gasteiger charge is 2.35. The van der Waals surface area contributed by atoms with Gasteiger partial charge in [0.25, 0.3) is 0 Å². The highest BCUT2D eigenvalue weighted by Crippen LogP contribution is 2.42. The van der Waals surface area contributed by atoms with Gasteiger partial charge in [-0.15, -0.1) is 0 Å². The predicted octanol–water partition coefficient (Wildman–Crippen LogP) is 4.29. The van der Waals surface area contributed by atoms with Crippen molar-refractivity contribution < 1.29 is 0 Å². The fourth-order valence-electron chi connectivity index (χ4n) is 1.89. The van der Waals surface area contributed by atoms with Crippen LogP contribution in [0.1, 0.15) is 12.8 Å². The fraction of sp³-hybridized carbons (Fsp3) is 0.417. The second kappa shape index (κ2) is 4.71. The van der Waals surface area contributed by atoms with Crippen LogP contribution in [0.4, 0.5) is 5.69 Å². The van der Waals surface area contributed by atoms with E-state index in [1.165, 1.54) is 12.8 Å². The SMILES string of the molecule is Clc1cccc(NC2=NCC(C3CC3)S2)c1Cl. The molecule has 90 valence electrons. The lowest BCUT2D eigenvalue weighted by Gasteiger charge is -2.09. The molecule has 1 aliphatic carbocycles. The van der Waals surface area contributed by atoms with Crippen molar-refractivity contribution in [2.45, 2.75) is 18.1 Å². The average Bonchev–Trinajstić information content (AvgIpc) is 3.06. The number of thioether (sulfide) groups is 1. The van der Waals surface area contributed by atoms with E-state index in [0.29, 0.717) is 15.3 Å². The number of amidine groups is 1. The van der Waals surface area contributed by atoms with E-state index in [9.17, 15) is 0 Å². The van der Waals surface area contributed by atoms with Crippen molar-refractivity contribution >= 4 is 45.8 Å². The molecule has 2 aliphatic rings. The number of nitrogens with zero attached hydrogens (tertiary/aromatic N) is 1. The number of hydrogen-bond acceptors (Lipinski definition) is 3. The maximum Gasteiger partial charge on any atom is 0.161 e. The summed E-state index contributed by atoms with van der Waals surface area (Å²) in [6.45, 7) is 0.926. The second-order valence-corrected chi connectivity index (χ2v) is 6.38. The van der Waals surface area contributed by atoms with Gasteiger partial charge >= 0.3 is 0 Å². The molecule has 3 rings (SSSR count). The number of aliphatic imine (C=N–C) groups is 1. The average molecular weight is 287 g/mol. The molecule has 5 heteroatoms. The molecule has 1 fully saturated rings. The molecule has 0 bridgehead atoms.